The van der Waals surface area contributed by atoms with E-state index in [2.05, 4.69) is 25.6 Å². The number of ether oxygens (including phenoxy) is 1. The van der Waals surface area contributed by atoms with Crippen LogP contribution in [0.15, 0.2) is 42.6 Å². The van der Waals surface area contributed by atoms with Crippen LogP contribution < -0.4 is 10.6 Å². The average molecular weight is 337 g/mol. The summed E-state index contributed by atoms with van der Waals surface area (Å²) in [6.45, 7) is 3.20. The number of morpholine rings is 1. The minimum atomic E-state index is -0.352. The molecule has 1 aromatic carbocycles. The Morgan fingerprint density at radius 3 is 3.04 bits per heavy atom. The van der Waals surface area contributed by atoms with Crippen molar-refractivity contribution in [3.05, 3.63) is 42.6 Å². The maximum atomic E-state index is 12.5. The molecule has 128 valence electrons. The lowest BCUT2D eigenvalue weighted by molar-refractivity contribution is -0.123. The number of imidazole rings is 1. The number of rotatable bonds is 3. The highest BCUT2D eigenvalue weighted by molar-refractivity contribution is 5.97. The molecule has 7 heteroatoms. The van der Waals surface area contributed by atoms with Crippen LogP contribution in [-0.4, -0.2) is 46.2 Å². The topological polar surface area (TPSA) is 91.9 Å². The number of hydrogen-bond acceptors (Lipinski definition) is 5. The quantitative estimate of drug-likeness (QED) is 0.679. The number of carbonyl (C=O) groups excluding carboxylic acids is 1. The molecular formula is C18H19N5O2. The van der Waals surface area contributed by atoms with Crippen molar-refractivity contribution in [2.75, 3.05) is 18.5 Å². The fourth-order valence-corrected chi connectivity index (χ4v) is 2.96. The molecule has 2 aromatic heterocycles. The zero-order chi connectivity index (χ0) is 17.2. The van der Waals surface area contributed by atoms with Gasteiger partial charge in [0.1, 0.15) is 11.7 Å². The average Bonchev–Trinajstić information content (AvgIpc) is 3.06. The van der Waals surface area contributed by atoms with Crippen LogP contribution in [-0.2, 0) is 9.53 Å². The van der Waals surface area contributed by atoms with Crippen LogP contribution in [0.3, 0.4) is 0 Å². The number of pyridine rings is 1. The molecule has 1 aliphatic rings. The van der Waals surface area contributed by atoms with Gasteiger partial charge in [-0.1, -0.05) is 6.07 Å². The predicted molar refractivity (Wildman–Crippen MR) is 95.2 cm³/mol. The summed E-state index contributed by atoms with van der Waals surface area (Å²) in [5, 5.41) is 6.12. The van der Waals surface area contributed by atoms with Gasteiger partial charge in [-0.3, -0.25) is 9.78 Å². The third-order valence-electron chi connectivity index (χ3n) is 4.26. The monoisotopic (exact) mass is 337 g/mol. The van der Waals surface area contributed by atoms with Crippen LogP contribution in [0.4, 0.5) is 5.69 Å². The van der Waals surface area contributed by atoms with E-state index in [9.17, 15) is 4.79 Å². The maximum Gasteiger partial charge on any atom is 0.244 e. The number of anilines is 1. The number of amides is 1. The number of fused-ring (bicyclic) bond motifs is 1. The van der Waals surface area contributed by atoms with Crippen molar-refractivity contribution >= 4 is 22.6 Å². The molecule has 4 rings (SSSR count). The smallest absolute Gasteiger partial charge is 0.244 e. The van der Waals surface area contributed by atoms with Gasteiger partial charge in [0, 0.05) is 18.4 Å². The number of nitrogens with zero attached hydrogens (tertiary/aromatic N) is 2. The van der Waals surface area contributed by atoms with E-state index in [1.165, 1.54) is 0 Å². The number of carbonyl (C=O) groups is 1. The molecule has 1 fully saturated rings. The van der Waals surface area contributed by atoms with Crippen molar-refractivity contribution in [3.8, 4) is 11.5 Å². The minimum Gasteiger partial charge on any atom is -0.375 e. The predicted octanol–water partition coefficient (Wildman–Crippen LogP) is 1.94. The van der Waals surface area contributed by atoms with Crippen LogP contribution in [0.2, 0.25) is 0 Å². The standard InChI is InChI=1S/C18H19N5O2/c1-11-16(20-8-9-25-11)18(24)21-12-5-6-13-15(10-12)23-17(22-13)14-4-2-3-7-19-14/h2-7,10-11,16,20H,8-9H2,1H3,(H,21,24)(H,22,23)/t11-,16+/m1/s1. The zero-order valence-corrected chi connectivity index (χ0v) is 13.8. The second-order valence-corrected chi connectivity index (χ2v) is 6.03. The van der Waals surface area contributed by atoms with E-state index in [-0.39, 0.29) is 18.1 Å². The van der Waals surface area contributed by atoms with Gasteiger partial charge in [-0.25, -0.2) is 4.98 Å². The van der Waals surface area contributed by atoms with Gasteiger partial charge < -0.3 is 20.4 Å². The Hall–Kier alpha value is -2.77. The molecule has 0 saturated carbocycles. The lowest BCUT2D eigenvalue weighted by Gasteiger charge is -2.29. The maximum absolute atomic E-state index is 12.5. The second-order valence-electron chi connectivity index (χ2n) is 6.03. The van der Waals surface area contributed by atoms with Crippen LogP contribution >= 0.6 is 0 Å². The highest BCUT2D eigenvalue weighted by Gasteiger charge is 2.28. The van der Waals surface area contributed by atoms with E-state index in [1.54, 1.807) is 6.20 Å². The molecule has 25 heavy (non-hydrogen) atoms. The van der Waals surface area contributed by atoms with E-state index >= 15 is 0 Å². The fourth-order valence-electron chi connectivity index (χ4n) is 2.96. The van der Waals surface area contributed by atoms with Crippen molar-refractivity contribution in [2.24, 2.45) is 0 Å². The molecule has 1 saturated heterocycles. The molecule has 7 nitrogen and oxygen atoms in total. The molecule has 0 bridgehead atoms. The summed E-state index contributed by atoms with van der Waals surface area (Å²) < 4.78 is 5.53. The Balaban J connectivity index is 1.56. The number of benzene rings is 1. The summed E-state index contributed by atoms with van der Waals surface area (Å²) >= 11 is 0. The van der Waals surface area contributed by atoms with E-state index in [4.69, 9.17) is 4.74 Å². The second kappa shape index (κ2) is 6.62. The van der Waals surface area contributed by atoms with Crippen molar-refractivity contribution in [2.45, 2.75) is 19.1 Å². The number of H-pyrrole nitrogens is 1. The van der Waals surface area contributed by atoms with Gasteiger partial charge in [0.2, 0.25) is 5.91 Å². The van der Waals surface area contributed by atoms with Crippen LogP contribution in [0, 0.1) is 0 Å². The van der Waals surface area contributed by atoms with Gasteiger partial charge in [-0.2, -0.15) is 0 Å². The molecule has 3 heterocycles. The molecule has 1 aliphatic heterocycles. The van der Waals surface area contributed by atoms with E-state index in [0.29, 0.717) is 24.7 Å². The van der Waals surface area contributed by atoms with Crippen molar-refractivity contribution in [1.29, 1.82) is 0 Å². The molecule has 0 radical (unpaired) electrons. The van der Waals surface area contributed by atoms with Crippen molar-refractivity contribution in [3.63, 3.8) is 0 Å². The first-order valence-corrected chi connectivity index (χ1v) is 8.28. The van der Waals surface area contributed by atoms with Crippen LogP contribution in [0.1, 0.15) is 6.92 Å². The first-order chi connectivity index (χ1) is 12.2. The summed E-state index contributed by atoms with van der Waals surface area (Å²) in [6, 6.07) is 10.9. The normalized spacial score (nSPS) is 20.5. The Morgan fingerprint density at radius 2 is 2.24 bits per heavy atom. The molecular weight excluding hydrogens is 318 g/mol. The van der Waals surface area contributed by atoms with Gasteiger partial charge >= 0.3 is 0 Å². The molecule has 0 unspecified atom stereocenters. The SMILES string of the molecule is C[C@H]1OCCN[C@@H]1C(=O)Nc1ccc2nc(-c3ccccn3)[nH]c2c1. The van der Waals surface area contributed by atoms with E-state index < -0.39 is 0 Å². The van der Waals surface area contributed by atoms with E-state index in [0.717, 1.165) is 16.7 Å². The summed E-state index contributed by atoms with van der Waals surface area (Å²) in [5.41, 5.74) is 3.17. The highest BCUT2D eigenvalue weighted by Crippen LogP contribution is 2.22. The third-order valence-corrected chi connectivity index (χ3v) is 4.26. The van der Waals surface area contributed by atoms with Gasteiger partial charge in [0.05, 0.1) is 23.7 Å². The largest absolute Gasteiger partial charge is 0.375 e. The minimum absolute atomic E-state index is 0.101. The Kier molecular flexibility index (Phi) is 4.17. The summed E-state index contributed by atoms with van der Waals surface area (Å²) in [4.78, 5) is 24.5. The summed E-state index contributed by atoms with van der Waals surface area (Å²) in [6.07, 6.45) is 1.58. The summed E-state index contributed by atoms with van der Waals surface area (Å²) in [7, 11) is 0. The number of hydrogen-bond donors (Lipinski definition) is 3. The highest BCUT2D eigenvalue weighted by atomic mass is 16.5. The Morgan fingerprint density at radius 1 is 1.32 bits per heavy atom. The zero-order valence-electron chi connectivity index (χ0n) is 13.8. The third kappa shape index (κ3) is 3.24. The van der Waals surface area contributed by atoms with E-state index in [1.807, 2.05) is 43.3 Å². The lowest BCUT2D eigenvalue weighted by Crippen LogP contribution is -2.53. The molecule has 3 N–H and O–H groups in total. The number of aromatic amines is 1. The van der Waals surface area contributed by atoms with Crippen LogP contribution in [0.5, 0.6) is 0 Å². The molecule has 2 atom stereocenters. The molecule has 3 aromatic rings. The Bertz CT molecular complexity index is 893. The molecule has 0 spiro atoms. The first kappa shape index (κ1) is 15.7. The van der Waals surface area contributed by atoms with Gasteiger partial charge in [-0.15, -0.1) is 0 Å². The van der Waals surface area contributed by atoms with Crippen molar-refractivity contribution in [1.82, 2.24) is 20.3 Å². The summed E-state index contributed by atoms with van der Waals surface area (Å²) in [5.74, 6) is 0.603. The fraction of sp³-hybridized carbons (Fsp3) is 0.278. The van der Waals surface area contributed by atoms with Gasteiger partial charge in [0.15, 0.2) is 5.82 Å². The number of nitrogens with one attached hydrogen (secondary N) is 3. The number of aromatic nitrogens is 3. The van der Waals surface area contributed by atoms with Crippen LogP contribution in [0.25, 0.3) is 22.6 Å². The molecule has 0 aliphatic carbocycles. The lowest BCUT2D eigenvalue weighted by atomic mass is 10.1. The van der Waals surface area contributed by atoms with Crippen molar-refractivity contribution < 1.29 is 9.53 Å². The van der Waals surface area contributed by atoms with Gasteiger partial charge in [0.25, 0.3) is 0 Å². The van der Waals surface area contributed by atoms with Gasteiger partial charge in [-0.05, 0) is 37.3 Å². The first-order valence-electron chi connectivity index (χ1n) is 8.28. The Labute approximate surface area is 144 Å². The molecule has 1 amide bonds.